The molecule has 2 saturated heterocycles. The van der Waals surface area contributed by atoms with Crippen LogP contribution in [0, 0.1) is 6.92 Å². The van der Waals surface area contributed by atoms with Gasteiger partial charge < -0.3 is 19.4 Å². The minimum Gasteiger partial charge on any atom is -0.358 e. The molecule has 2 N–H and O–H groups in total. The molecule has 0 saturated carbocycles. The van der Waals surface area contributed by atoms with Crippen molar-refractivity contribution >= 4 is 16.7 Å². The molecule has 0 aliphatic carbocycles. The molecule has 1 spiro atoms. The van der Waals surface area contributed by atoms with Crippen molar-refractivity contribution in [2.45, 2.75) is 25.6 Å². The highest BCUT2D eigenvalue weighted by atomic mass is 16.7. The van der Waals surface area contributed by atoms with Crippen molar-refractivity contribution < 1.29 is 19.2 Å². The highest BCUT2D eigenvalue weighted by Gasteiger charge is 2.42. The first-order valence-corrected chi connectivity index (χ1v) is 8.39. The van der Waals surface area contributed by atoms with Gasteiger partial charge in [-0.15, -0.1) is 0 Å². The number of carbonyl (C=O) groups excluding carboxylic acids is 1. The van der Waals surface area contributed by atoms with E-state index in [9.17, 15) is 4.79 Å². The van der Waals surface area contributed by atoms with Gasteiger partial charge in [-0.1, -0.05) is 18.2 Å². The van der Waals surface area contributed by atoms with Crippen LogP contribution < -0.4 is 4.90 Å². The number of fused-ring (bicyclic) bond motifs is 1. The number of rotatable bonds is 3. The summed E-state index contributed by atoms with van der Waals surface area (Å²) in [7, 11) is 0. The lowest BCUT2D eigenvalue weighted by Gasteiger charge is -2.34. The smallest absolute Gasteiger partial charge is 0.219 e. The van der Waals surface area contributed by atoms with Crippen LogP contribution in [0.15, 0.2) is 24.3 Å². The molecule has 3 heterocycles. The predicted octanol–water partition coefficient (Wildman–Crippen LogP) is 1.08. The quantitative estimate of drug-likeness (QED) is 0.834. The number of ether oxygens (including phenoxy) is 2. The van der Waals surface area contributed by atoms with Crippen LogP contribution in [0.25, 0.3) is 10.9 Å². The lowest BCUT2D eigenvalue weighted by atomic mass is 10.0. The van der Waals surface area contributed by atoms with Crippen LogP contribution >= 0.6 is 0 Å². The number of aryl methyl sites for hydroxylation is 1. The topological polar surface area (TPSA) is 55.8 Å². The van der Waals surface area contributed by atoms with Crippen LogP contribution in [-0.4, -0.2) is 49.4 Å². The Hall–Kier alpha value is -1.69. The van der Waals surface area contributed by atoms with Crippen molar-refractivity contribution in [3.63, 3.8) is 0 Å². The zero-order chi connectivity index (χ0) is 15.9. The summed E-state index contributed by atoms with van der Waals surface area (Å²) in [5, 5.41) is 1.03. The highest BCUT2D eigenvalue weighted by Crippen LogP contribution is 2.27. The van der Waals surface area contributed by atoms with Crippen LogP contribution in [0.2, 0.25) is 0 Å². The van der Waals surface area contributed by atoms with Gasteiger partial charge in [-0.3, -0.25) is 4.79 Å². The number of aromatic nitrogens is 1. The Kier molecular flexibility index (Phi) is 3.71. The maximum atomic E-state index is 12.8. The molecular weight excluding hydrogens is 292 g/mol. The molecule has 2 aliphatic heterocycles. The number of aromatic amines is 1. The van der Waals surface area contributed by atoms with E-state index in [4.69, 9.17) is 9.47 Å². The largest absolute Gasteiger partial charge is 0.358 e. The van der Waals surface area contributed by atoms with E-state index in [-0.39, 0.29) is 11.6 Å². The second-order valence-corrected chi connectivity index (χ2v) is 6.63. The molecule has 0 atom stereocenters. The predicted molar refractivity (Wildman–Crippen MR) is 86.8 cm³/mol. The van der Waals surface area contributed by atoms with Gasteiger partial charge in [0.15, 0.2) is 5.79 Å². The second kappa shape index (κ2) is 5.74. The van der Waals surface area contributed by atoms with E-state index in [1.807, 2.05) is 31.2 Å². The summed E-state index contributed by atoms with van der Waals surface area (Å²) in [5.74, 6) is -0.136. The van der Waals surface area contributed by atoms with E-state index in [2.05, 4.69) is 4.98 Å². The lowest BCUT2D eigenvalue weighted by molar-refractivity contribution is -0.900. The Labute approximate surface area is 135 Å². The van der Waals surface area contributed by atoms with Crippen molar-refractivity contribution in [1.82, 2.24) is 4.98 Å². The molecule has 122 valence electrons. The Morgan fingerprint density at radius 2 is 1.91 bits per heavy atom. The van der Waals surface area contributed by atoms with Gasteiger partial charge in [0.2, 0.25) is 5.78 Å². The third-order valence-electron chi connectivity index (χ3n) is 5.12. The number of hydrogen-bond acceptors (Lipinski definition) is 3. The van der Waals surface area contributed by atoms with Crippen LogP contribution in [0.1, 0.15) is 28.9 Å². The summed E-state index contributed by atoms with van der Waals surface area (Å²) in [4.78, 5) is 17.5. The fourth-order valence-corrected chi connectivity index (χ4v) is 3.90. The molecule has 0 unspecified atom stereocenters. The average Bonchev–Trinajstić information content (AvgIpc) is 3.13. The first kappa shape index (κ1) is 14.9. The van der Waals surface area contributed by atoms with Crippen molar-refractivity contribution in [2.75, 3.05) is 32.8 Å². The van der Waals surface area contributed by atoms with E-state index in [1.165, 1.54) is 4.90 Å². The van der Waals surface area contributed by atoms with E-state index >= 15 is 0 Å². The molecule has 0 radical (unpaired) electrons. The zero-order valence-electron chi connectivity index (χ0n) is 13.5. The molecule has 2 aliphatic rings. The molecule has 4 rings (SSSR count). The monoisotopic (exact) mass is 315 g/mol. The van der Waals surface area contributed by atoms with Crippen LogP contribution in [0.5, 0.6) is 0 Å². The van der Waals surface area contributed by atoms with Gasteiger partial charge >= 0.3 is 0 Å². The molecule has 1 aromatic heterocycles. The van der Waals surface area contributed by atoms with Crippen molar-refractivity contribution in [3.8, 4) is 0 Å². The molecule has 1 aromatic carbocycles. The first-order valence-electron chi connectivity index (χ1n) is 8.39. The standard InChI is InChI=1S/C18H22N2O3/c1-13-17(14-4-2-3-5-15(14)19-13)16(21)12-20-8-6-18(7-9-20)22-10-11-23-18/h2-5,19H,6-12H2,1H3/p+1. The number of H-pyrrole nitrogens is 1. The van der Waals surface area contributed by atoms with Gasteiger partial charge in [0.05, 0.1) is 44.7 Å². The maximum Gasteiger partial charge on any atom is 0.219 e. The summed E-state index contributed by atoms with van der Waals surface area (Å²) in [6.07, 6.45) is 1.75. The van der Waals surface area contributed by atoms with Crippen molar-refractivity contribution in [1.29, 1.82) is 0 Å². The highest BCUT2D eigenvalue weighted by molar-refractivity contribution is 6.09. The van der Waals surface area contributed by atoms with Gasteiger partial charge in [0.25, 0.3) is 0 Å². The number of benzene rings is 1. The fraction of sp³-hybridized carbons (Fsp3) is 0.500. The third-order valence-corrected chi connectivity index (χ3v) is 5.12. The van der Waals surface area contributed by atoms with E-state index in [0.717, 1.165) is 48.1 Å². The normalized spacial score (nSPS) is 21.3. The SMILES string of the molecule is Cc1[nH]c2ccccc2c1C(=O)C[NH+]1CCC2(CC1)OCCO2. The Morgan fingerprint density at radius 1 is 1.22 bits per heavy atom. The number of ketones is 1. The van der Waals surface area contributed by atoms with Crippen LogP contribution in [0.3, 0.4) is 0 Å². The molecule has 5 nitrogen and oxygen atoms in total. The van der Waals surface area contributed by atoms with Crippen molar-refractivity contribution in [3.05, 3.63) is 35.5 Å². The van der Waals surface area contributed by atoms with Gasteiger partial charge in [0, 0.05) is 16.6 Å². The van der Waals surface area contributed by atoms with Gasteiger partial charge in [-0.2, -0.15) is 0 Å². The molecule has 2 aromatic rings. The number of quaternary nitrogens is 1. The average molecular weight is 315 g/mol. The van der Waals surface area contributed by atoms with Crippen LogP contribution in [0.4, 0.5) is 0 Å². The molecule has 2 fully saturated rings. The number of hydrogen-bond donors (Lipinski definition) is 2. The summed E-state index contributed by atoms with van der Waals surface area (Å²) in [5.41, 5.74) is 2.85. The molecule has 0 bridgehead atoms. The molecule has 0 amide bonds. The molecule has 5 heteroatoms. The number of para-hydroxylation sites is 1. The molecular formula is C18H23N2O3+. The van der Waals surface area contributed by atoms with Crippen LogP contribution in [-0.2, 0) is 9.47 Å². The van der Waals surface area contributed by atoms with Gasteiger partial charge in [-0.05, 0) is 13.0 Å². The lowest BCUT2D eigenvalue weighted by Crippen LogP contribution is -3.14. The summed E-state index contributed by atoms with van der Waals surface area (Å²) >= 11 is 0. The molecule has 23 heavy (non-hydrogen) atoms. The second-order valence-electron chi connectivity index (χ2n) is 6.63. The Balaban J connectivity index is 1.47. The van der Waals surface area contributed by atoms with Crippen molar-refractivity contribution in [2.24, 2.45) is 0 Å². The minimum atomic E-state index is -0.358. The van der Waals surface area contributed by atoms with Gasteiger partial charge in [0.1, 0.15) is 6.54 Å². The fourth-order valence-electron chi connectivity index (χ4n) is 3.90. The van der Waals surface area contributed by atoms with Gasteiger partial charge in [-0.25, -0.2) is 0 Å². The number of carbonyl (C=O) groups is 1. The first-order chi connectivity index (χ1) is 11.2. The Bertz CT molecular complexity index is 721. The minimum absolute atomic E-state index is 0.221. The number of Topliss-reactive ketones (excluding diaryl/α,β-unsaturated/α-hetero) is 1. The number of nitrogens with one attached hydrogen (secondary N) is 2. The number of likely N-dealkylation sites (tertiary alicyclic amines) is 1. The Morgan fingerprint density at radius 3 is 2.65 bits per heavy atom. The summed E-state index contributed by atoms with van der Waals surface area (Å²) in [6.45, 7) is 5.76. The van der Waals surface area contributed by atoms with E-state index < -0.39 is 0 Å². The maximum absolute atomic E-state index is 12.8. The summed E-state index contributed by atoms with van der Waals surface area (Å²) < 4.78 is 11.5. The third kappa shape index (κ3) is 2.69. The van der Waals surface area contributed by atoms with E-state index in [1.54, 1.807) is 0 Å². The zero-order valence-corrected chi connectivity index (χ0v) is 13.5. The number of piperidine rings is 1. The van der Waals surface area contributed by atoms with E-state index in [0.29, 0.717) is 19.8 Å². The summed E-state index contributed by atoms with van der Waals surface area (Å²) in [6, 6.07) is 8.01.